The highest BCUT2D eigenvalue weighted by atomic mass is 16.4. The second-order valence-corrected chi connectivity index (χ2v) is 5.36. The highest BCUT2D eigenvalue weighted by molar-refractivity contribution is 6.46. The van der Waals surface area contributed by atoms with E-state index < -0.39 is 0 Å². The first-order valence-electron chi connectivity index (χ1n) is 7.94. The molecule has 7 nitrogen and oxygen atoms in total. The second kappa shape index (κ2) is 7.89. The molecule has 7 heteroatoms. The fourth-order valence-electron chi connectivity index (χ4n) is 2.29. The topological polar surface area (TPSA) is 103 Å². The molecule has 0 fully saturated rings. The van der Waals surface area contributed by atoms with Gasteiger partial charge in [0.05, 0.1) is 11.3 Å². The predicted octanol–water partition coefficient (Wildman–Crippen LogP) is 2.56. The summed E-state index contributed by atoms with van der Waals surface area (Å²) in [4.78, 5) is 12.4. The molecule has 2 N–H and O–H groups in total. The summed E-state index contributed by atoms with van der Waals surface area (Å²) in [5.41, 5.74) is 8.59. The second-order valence-electron chi connectivity index (χ2n) is 5.36. The Labute approximate surface area is 156 Å². The molecule has 132 valence electrons. The zero-order valence-corrected chi connectivity index (χ0v) is 14.6. The van der Waals surface area contributed by atoms with Crippen LogP contribution in [-0.4, -0.2) is 33.8 Å². The molecule has 0 aliphatic carbocycles. The lowest BCUT2D eigenvalue weighted by Gasteiger charge is -2.06. The zero-order valence-electron chi connectivity index (χ0n) is 14.6. The number of amidine groups is 1. The number of pyridine rings is 1. The zero-order chi connectivity index (χ0) is 19.2. The Bertz CT molecular complexity index is 1070. The van der Waals surface area contributed by atoms with Gasteiger partial charge in [0.2, 0.25) is 5.89 Å². The lowest BCUT2D eigenvalue weighted by Crippen LogP contribution is -2.25. The molecule has 0 radical (unpaired) electrons. The molecule has 0 saturated heterocycles. The number of aliphatic imine (C=N–C) groups is 2. The summed E-state index contributed by atoms with van der Waals surface area (Å²) in [5.74, 6) is 3.17. The minimum absolute atomic E-state index is 0.134. The van der Waals surface area contributed by atoms with Crippen molar-refractivity contribution < 1.29 is 4.42 Å². The molecule has 2 aromatic heterocycles. The molecule has 1 aromatic carbocycles. The largest absolute Gasteiger partial charge is 0.414 e. The first-order valence-corrected chi connectivity index (χ1v) is 7.94. The number of hydrogen-bond donors (Lipinski definition) is 1. The van der Waals surface area contributed by atoms with Gasteiger partial charge >= 0.3 is 0 Å². The highest BCUT2D eigenvalue weighted by Gasteiger charge is 2.18. The number of benzene rings is 1. The summed E-state index contributed by atoms with van der Waals surface area (Å²) in [6.45, 7) is 3.97. The first kappa shape index (κ1) is 17.8. The third-order valence-electron chi connectivity index (χ3n) is 3.67. The van der Waals surface area contributed by atoms with Gasteiger partial charge in [-0.15, -0.1) is 16.6 Å². The Morgan fingerprint density at radius 3 is 2.70 bits per heavy atom. The number of nitrogens with two attached hydrogens (primary N) is 1. The van der Waals surface area contributed by atoms with Crippen molar-refractivity contribution in [1.82, 2.24) is 15.2 Å². The van der Waals surface area contributed by atoms with E-state index in [0.717, 1.165) is 5.56 Å². The van der Waals surface area contributed by atoms with Crippen molar-refractivity contribution in [2.24, 2.45) is 15.7 Å². The van der Waals surface area contributed by atoms with Crippen LogP contribution in [0.5, 0.6) is 0 Å². The van der Waals surface area contributed by atoms with Gasteiger partial charge in [0.15, 0.2) is 5.71 Å². The third-order valence-corrected chi connectivity index (χ3v) is 3.67. The summed E-state index contributed by atoms with van der Waals surface area (Å²) >= 11 is 0. The molecular formula is C20H16N6O. The number of terminal acetylenes is 1. The normalized spacial score (nSPS) is 11.9. The summed E-state index contributed by atoms with van der Waals surface area (Å²) in [7, 11) is 1.54. The number of aromatic nitrogens is 3. The van der Waals surface area contributed by atoms with Crippen LogP contribution in [0.15, 0.2) is 69.8 Å². The summed E-state index contributed by atoms with van der Waals surface area (Å²) in [6, 6.07) is 11.1. The molecule has 0 aliphatic rings. The number of hydrogen-bond acceptors (Lipinski definition) is 6. The maximum Gasteiger partial charge on any atom is 0.270 e. The summed E-state index contributed by atoms with van der Waals surface area (Å²) < 4.78 is 5.74. The molecule has 0 atom stereocenters. The van der Waals surface area contributed by atoms with E-state index in [1.54, 1.807) is 25.5 Å². The molecule has 0 unspecified atom stereocenters. The summed E-state index contributed by atoms with van der Waals surface area (Å²) in [6.07, 6.45) is 8.68. The van der Waals surface area contributed by atoms with Crippen LogP contribution in [0.1, 0.15) is 17.0 Å². The fraction of sp³-hybridized carbons (Fsp3) is 0.0500. The lowest BCUT2D eigenvalue weighted by molar-refractivity contribution is 0.559. The van der Waals surface area contributed by atoms with Crippen molar-refractivity contribution in [1.29, 1.82) is 0 Å². The monoisotopic (exact) mass is 356 g/mol. The van der Waals surface area contributed by atoms with Crippen molar-refractivity contribution in [3.05, 3.63) is 72.4 Å². The Kier molecular flexibility index (Phi) is 5.19. The van der Waals surface area contributed by atoms with Crippen LogP contribution >= 0.6 is 0 Å². The Morgan fingerprint density at radius 2 is 2.00 bits per heavy atom. The van der Waals surface area contributed by atoms with Gasteiger partial charge in [-0.25, -0.2) is 4.99 Å². The van der Waals surface area contributed by atoms with Crippen molar-refractivity contribution in [2.75, 3.05) is 7.05 Å². The van der Waals surface area contributed by atoms with Gasteiger partial charge < -0.3 is 10.2 Å². The first-order chi connectivity index (χ1) is 13.1. The Morgan fingerprint density at radius 1 is 1.22 bits per heavy atom. The fourth-order valence-corrected chi connectivity index (χ4v) is 2.29. The van der Waals surface area contributed by atoms with Gasteiger partial charge in [-0.3, -0.25) is 9.98 Å². The molecule has 0 spiro atoms. The van der Waals surface area contributed by atoms with Crippen LogP contribution in [0.25, 0.3) is 17.2 Å². The maximum absolute atomic E-state index is 5.99. The average molecular weight is 356 g/mol. The third kappa shape index (κ3) is 3.80. The van der Waals surface area contributed by atoms with E-state index in [0.29, 0.717) is 22.7 Å². The van der Waals surface area contributed by atoms with E-state index in [-0.39, 0.29) is 17.4 Å². The molecule has 27 heavy (non-hydrogen) atoms. The van der Waals surface area contributed by atoms with E-state index in [9.17, 15) is 0 Å². The van der Waals surface area contributed by atoms with Crippen LogP contribution in [0.3, 0.4) is 0 Å². The Balaban J connectivity index is 2.03. The molecule has 2 heterocycles. The molecule has 0 saturated carbocycles. The van der Waals surface area contributed by atoms with E-state index in [1.165, 1.54) is 0 Å². The maximum atomic E-state index is 5.99. The molecular weight excluding hydrogens is 340 g/mol. The van der Waals surface area contributed by atoms with E-state index >= 15 is 0 Å². The molecule has 3 rings (SSSR count). The molecule has 0 amide bonds. The Hall–Kier alpha value is -4.05. The van der Waals surface area contributed by atoms with E-state index in [1.807, 2.05) is 30.3 Å². The number of rotatable bonds is 5. The molecule has 0 bridgehead atoms. The van der Waals surface area contributed by atoms with Crippen LogP contribution in [0.2, 0.25) is 0 Å². The van der Waals surface area contributed by atoms with Crippen molar-refractivity contribution in [3.63, 3.8) is 0 Å². The van der Waals surface area contributed by atoms with Crippen molar-refractivity contribution in [2.45, 2.75) is 0 Å². The van der Waals surface area contributed by atoms with Crippen LogP contribution in [0.4, 0.5) is 0 Å². The van der Waals surface area contributed by atoms with Crippen LogP contribution < -0.4 is 5.73 Å². The summed E-state index contributed by atoms with van der Waals surface area (Å²) in [5, 5.41) is 8.11. The SMILES string of the molecule is C#Cc1cnccc1C(=C)N=C(C(N)=NC)c1nnc(-c2ccccc2)o1. The quantitative estimate of drug-likeness (QED) is 0.430. The van der Waals surface area contributed by atoms with Crippen LogP contribution in [-0.2, 0) is 0 Å². The van der Waals surface area contributed by atoms with Gasteiger partial charge in [0, 0.05) is 30.6 Å². The van der Waals surface area contributed by atoms with Crippen molar-refractivity contribution in [3.8, 4) is 23.8 Å². The van der Waals surface area contributed by atoms with Crippen molar-refractivity contribution >= 4 is 17.2 Å². The minimum Gasteiger partial charge on any atom is -0.414 e. The average Bonchev–Trinajstić information content (AvgIpc) is 3.21. The smallest absolute Gasteiger partial charge is 0.270 e. The van der Waals surface area contributed by atoms with Gasteiger partial charge in [-0.2, -0.15) is 0 Å². The highest BCUT2D eigenvalue weighted by Crippen LogP contribution is 2.21. The van der Waals surface area contributed by atoms with Crippen LogP contribution in [0, 0.1) is 12.3 Å². The van der Waals surface area contributed by atoms with Gasteiger partial charge in [0.1, 0.15) is 5.84 Å². The molecule has 3 aromatic rings. The predicted molar refractivity (Wildman–Crippen MR) is 105 cm³/mol. The molecule has 0 aliphatic heterocycles. The van der Waals surface area contributed by atoms with E-state index in [4.69, 9.17) is 16.6 Å². The lowest BCUT2D eigenvalue weighted by atomic mass is 10.1. The van der Waals surface area contributed by atoms with Gasteiger partial charge in [-0.1, -0.05) is 30.7 Å². The standard InChI is InChI=1S/C20H16N6O/c1-4-14-12-23-11-10-16(14)13(2)24-17(18(21)22-3)20-26-25-19(27-20)15-8-6-5-7-9-15/h1,5-12H,2H2,3H3,(H2,21,22). The van der Waals surface area contributed by atoms with Gasteiger partial charge in [0.25, 0.3) is 5.89 Å². The van der Waals surface area contributed by atoms with E-state index in [2.05, 4.69) is 37.7 Å². The number of nitrogens with zero attached hydrogens (tertiary/aromatic N) is 5. The van der Waals surface area contributed by atoms with Gasteiger partial charge in [-0.05, 0) is 18.2 Å². The minimum atomic E-state index is 0.134.